The number of carbonyl (C=O) groups excluding carboxylic acids is 1. The Morgan fingerprint density at radius 3 is 2.53 bits per heavy atom. The molecule has 0 saturated carbocycles. The molecular weight excluding hydrogens is 268 g/mol. The standard InChI is InChI=1S/C12H24N2O4S/c1-9(2)10(8-15)13-12(16)11-6-4-5-7-14(11)19(3,17)18/h9-11,15H,4-8H2,1-3H3,(H,13,16)/t10-,11?/m1/s1. The molecule has 1 heterocycles. The average Bonchev–Trinajstić information content (AvgIpc) is 2.34. The van der Waals surface area contributed by atoms with E-state index in [1.165, 1.54) is 4.31 Å². The average molecular weight is 292 g/mol. The second-order valence-corrected chi connectivity index (χ2v) is 7.36. The van der Waals surface area contributed by atoms with Crippen molar-refractivity contribution in [1.29, 1.82) is 0 Å². The highest BCUT2D eigenvalue weighted by Gasteiger charge is 2.35. The number of aliphatic hydroxyl groups is 1. The Bertz CT molecular complexity index is 408. The summed E-state index contributed by atoms with van der Waals surface area (Å²) in [4.78, 5) is 12.2. The van der Waals surface area contributed by atoms with E-state index in [0.29, 0.717) is 13.0 Å². The fraction of sp³-hybridized carbons (Fsp3) is 0.917. The lowest BCUT2D eigenvalue weighted by atomic mass is 10.0. The molecule has 1 rings (SSSR count). The van der Waals surface area contributed by atoms with Gasteiger partial charge < -0.3 is 10.4 Å². The van der Waals surface area contributed by atoms with E-state index in [0.717, 1.165) is 19.1 Å². The van der Waals surface area contributed by atoms with Crippen LogP contribution in [0.3, 0.4) is 0 Å². The van der Waals surface area contributed by atoms with Crippen molar-refractivity contribution in [3.05, 3.63) is 0 Å². The molecule has 0 bridgehead atoms. The minimum Gasteiger partial charge on any atom is -0.394 e. The van der Waals surface area contributed by atoms with Gasteiger partial charge in [-0.1, -0.05) is 20.3 Å². The quantitative estimate of drug-likeness (QED) is 0.743. The molecule has 19 heavy (non-hydrogen) atoms. The zero-order valence-corrected chi connectivity index (χ0v) is 12.6. The molecule has 1 saturated heterocycles. The van der Waals surface area contributed by atoms with Crippen molar-refractivity contribution >= 4 is 15.9 Å². The summed E-state index contributed by atoms with van der Waals surface area (Å²) < 4.78 is 24.6. The van der Waals surface area contributed by atoms with Crippen LogP contribution in [0.2, 0.25) is 0 Å². The number of nitrogens with one attached hydrogen (secondary N) is 1. The third kappa shape index (κ3) is 4.43. The lowest BCUT2D eigenvalue weighted by Gasteiger charge is -2.34. The van der Waals surface area contributed by atoms with Gasteiger partial charge >= 0.3 is 0 Å². The molecule has 7 heteroatoms. The van der Waals surface area contributed by atoms with Crippen molar-refractivity contribution in [3.63, 3.8) is 0 Å². The van der Waals surface area contributed by atoms with Crippen LogP contribution >= 0.6 is 0 Å². The van der Waals surface area contributed by atoms with Gasteiger partial charge in [0.25, 0.3) is 0 Å². The Balaban J connectivity index is 2.78. The second kappa shape index (κ2) is 6.67. The van der Waals surface area contributed by atoms with Gasteiger partial charge in [-0.25, -0.2) is 8.42 Å². The van der Waals surface area contributed by atoms with Crippen LogP contribution in [0.5, 0.6) is 0 Å². The van der Waals surface area contributed by atoms with Crippen molar-refractivity contribution < 1.29 is 18.3 Å². The fourth-order valence-corrected chi connectivity index (χ4v) is 3.39. The number of hydrogen-bond donors (Lipinski definition) is 2. The molecule has 112 valence electrons. The van der Waals surface area contributed by atoms with E-state index < -0.39 is 16.1 Å². The van der Waals surface area contributed by atoms with Crippen molar-refractivity contribution in [2.24, 2.45) is 5.92 Å². The van der Waals surface area contributed by atoms with Crippen molar-refractivity contribution in [2.45, 2.75) is 45.2 Å². The molecule has 2 N–H and O–H groups in total. The lowest BCUT2D eigenvalue weighted by Crippen LogP contribution is -2.54. The third-order valence-corrected chi connectivity index (χ3v) is 4.80. The monoisotopic (exact) mass is 292 g/mol. The number of nitrogens with zero attached hydrogens (tertiary/aromatic N) is 1. The molecule has 0 aromatic rings. The van der Waals surface area contributed by atoms with E-state index >= 15 is 0 Å². The maximum absolute atomic E-state index is 12.2. The summed E-state index contributed by atoms with van der Waals surface area (Å²) in [7, 11) is -3.37. The molecule has 1 aliphatic rings. The summed E-state index contributed by atoms with van der Waals surface area (Å²) in [6.07, 6.45) is 3.29. The molecule has 0 aromatic heterocycles. The molecule has 1 aliphatic heterocycles. The molecule has 6 nitrogen and oxygen atoms in total. The molecule has 2 atom stereocenters. The summed E-state index contributed by atoms with van der Waals surface area (Å²) in [5, 5.41) is 12.0. The first-order chi connectivity index (χ1) is 8.77. The molecule has 0 radical (unpaired) electrons. The van der Waals surface area contributed by atoms with Gasteiger partial charge in [0.05, 0.1) is 18.9 Å². The van der Waals surface area contributed by atoms with Crippen molar-refractivity contribution in [3.8, 4) is 0 Å². The Kier molecular flexibility index (Phi) is 5.76. The summed E-state index contributed by atoms with van der Waals surface area (Å²) in [6.45, 7) is 4.05. The topological polar surface area (TPSA) is 86.7 Å². The highest BCUT2D eigenvalue weighted by atomic mass is 32.2. The lowest BCUT2D eigenvalue weighted by molar-refractivity contribution is -0.127. The van der Waals surface area contributed by atoms with E-state index in [4.69, 9.17) is 0 Å². The van der Waals surface area contributed by atoms with E-state index in [9.17, 15) is 18.3 Å². The number of hydrogen-bond acceptors (Lipinski definition) is 4. The van der Waals surface area contributed by atoms with Gasteiger partial charge in [-0.2, -0.15) is 4.31 Å². The Morgan fingerprint density at radius 1 is 1.42 bits per heavy atom. The molecule has 1 unspecified atom stereocenters. The Labute approximate surface area is 115 Å². The maximum Gasteiger partial charge on any atom is 0.238 e. The van der Waals surface area contributed by atoms with E-state index in [-0.39, 0.29) is 24.5 Å². The van der Waals surface area contributed by atoms with Crippen LogP contribution in [0, 0.1) is 5.92 Å². The highest BCUT2D eigenvalue weighted by Crippen LogP contribution is 2.20. The van der Waals surface area contributed by atoms with Crippen molar-refractivity contribution in [1.82, 2.24) is 9.62 Å². The minimum atomic E-state index is -3.37. The summed E-state index contributed by atoms with van der Waals surface area (Å²) >= 11 is 0. The number of rotatable bonds is 5. The SMILES string of the molecule is CC(C)[C@@H](CO)NC(=O)C1CCCCN1S(C)(=O)=O. The Morgan fingerprint density at radius 2 is 2.05 bits per heavy atom. The molecule has 1 amide bonds. The van der Waals surface area contributed by atoms with Gasteiger partial charge in [0.15, 0.2) is 0 Å². The van der Waals surface area contributed by atoms with Gasteiger partial charge in [-0.15, -0.1) is 0 Å². The predicted octanol–water partition coefficient (Wildman–Crippen LogP) is -0.0664. The normalized spacial score (nSPS) is 23.3. The summed E-state index contributed by atoms with van der Waals surface area (Å²) in [5.74, 6) is -0.206. The fourth-order valence-electron chi connectivity index (χ4n) is 2.27. The van der Waals surface area contributed by atoms with Gasteiger partial charge in [0.1, 0.15) is 6.04 Å². The highest BCUT2D eigenvalue weighted by molar-refractivity contribution is 7.88. The molecule has 0 aliphatic carbocycles. The largest absolute Gasteiger partial charge is 0.394 e. The zero-order chi connectivity index (χ0) is 14.6. The number of carbonyl (C=O) groups is 1. The van der Waals surface area contributed by atoms with Crippen LogP contribution < -0.4 is 5.32 Å². The van der Waals surface area contributed by atoms with Gasteiger partial charge in [0, 0.05) is 6.54 Å². The van der Waals surface area contributed by atoms with E-state index in [1.54, 1.807) is 0 Å². The van der Waals surface area contributed by atoms with Crippen LogP contribution in [0.15, 0.2) is 0 Å². The van der Waals surface area contributed by atoms with Crippen LogP contribution in [-0.2, 0) is 14.8 Å². The first-order valence-corrected chi connectivity index (χ1v) is 8.50. The molecule has 1 fully saturated rings. The summed E-state index contributed by atoms with van der Waals surface area (Å²) in [5.41, 5.74) is 0. The van der Waals surface area contributed by atoms with Gasteiger partial charge in [0.2, 0.25) is 15.9 Å². The molecular formula is C12H24N2O4S. The number of aliphatic hydroxyl groups excluding tert-OH is 1. The minimum absolute atomic E-state index is 0.101. The Hall–Kier alpha value is -0.660. The smallest absolute Gasteiger partial charge is 0.238 e. The number of piperidine rings is 1. The molecule has 0 spiro atoms. The van der Waals surface area contributed by atoms with Crippen molar-refractivity contribution in [2.75, 3.05) is 19.4 Å². The predicted molar refractivity (Wildman–Crippen MR) is 73.0 cm³/mol. The number of amides is 1. The zero-order valence-electron chi connectivity index (χ0n) is 11.8. The maximum atomic E-state index is 12.2. The van der Waals surface area contributed by atoms with Crippen LogP contribution in [0.4, 0.5) is 0 Å². The first-order valence-electron chi connectivity index (χ1n) is 6.65. The third-order valence-electron chi connectivity index (χ3n) is 3.51. The summed E-state index contributed by atoms with van der Waals surface area (Å²) in [6, 6.07) is -0.979. The first kappa shape index (κ1) is 16.4. The molecule has 0 aromatic carbocycles. The van der Waals surface area contributed by atoms with Crippen LogP contribution in [-0.4, -0.2) is 55.2 Å². The van der Waals surface area contributed by atoms with Gasteiger partial charge in [-0.05, 0) is 18.8 Å². The van der Waals surface area contributed by atoms with E-state index in [1.807, 2.05) is 13.8 Å². The van der Waals surface area contributed by atoms with E-state index in [2.05, 4.69) is 5.32 Å². The van der Waals surface area contributed by atoms with Crippen LogP contribution in [0.1, 0.15) is 33.1 Å². The second-order valence-electron chi connectivity index (χ2n) is 5.43. The van der Waals surface area contributed by atoms with Gasteiger partial charge in [-0.3, -0.25) is 4.79 Å². The van der Waals surface area contributed by atoms with Crippen LogP contribution in [0.25, 0.3) is 0 Å². The number of sulfonamides is 1.